The van der Waals surface area contributed by atoms with Crippen LogP contribution in [0.15, 0.2) is 56.4 Å². The van der Waals surface area contributed by atoms with Gasteiger partial charge < -0.3 is 11.1 Å². The summed E-state index contributed by atoms with van der Waals surface area (Å²) in [4.78, 5) is 3.83. The summed E-state index contributed by atoms with van der Waals surface area (Å²) in [6.45, 7) is 0. The summed E-state index contributed by atoms with van der Waals surface area (Å²) in [6.07, 6.45) is 0. The van der Waals surface area contributed by atoms with Gasteiger partial charge in [0, 0.05) is 7.05 Å². The first-order chi connectivity index (χ1) is 11.4. The number of nitrogens with zero attached hydrogens (tertiary/aromatic N) is 2. The molecule has 24 heavy (non-hydrogen) atoms. The standard InChI is InChI=1S/C14H14FN5O2S2/c1-18-12-10-5-6-23-14(10)20(17)13(19-12)11(16)24(21,22)9-4-2-3-8(15)7-9/h2-7H,16-17H2,1H3,(H,18,19)/b13-11+. The van der Waals surface area contributed by atoms with Crippen LogP contribution in [0.4, 0.5) is 9.39 Å². The summed E-state index contributed by atoms with van der Waals surface area (Å²) in [5, 5.41) is 5.86. The molecule has 10 heteroatoms. The van der Waals surface area contributed by atoms with Crippen molar-refractivity contribution in [3.8, 4) is 0 Å². The monoisotopic (exact) mass is 367 g/mol. The predicted molar refractivity (Wildman–Crippen MR) is 91.4 cm³/mol. The number of rotatable bonds is 2. The molecule has 1 aromatic heterocycles. The Bertz CT molecular complexity index is 965. The van der Waals surface area contributed by atoms with Gasteiger partial charge in [0.2, 0.25) is 9.84 Å². The summed E-state index contributed by atoms with van der Waals surface area (Å²) in [6, 6.07) is 6.42. The Labute approximate surface area is 142 Å². The van der Waals surface area contributed by atoms with Gasteiger partial charge in [0.05, 0.1) is 10.5 Å². The molecule has 1 aliphatic heterocycles. The Kier molecular flexibility index (Phi) is 4.03. The molecule has 126 valence electrons. The quantitative estimate of drug-likeness (QED) is 0.685. The van der Waals surface area contributed by atoms with E-state index in [0.29, 0.717) is 10.8 Å². The fourth-order valence-electron chi connectivity index (χ4n) is 2.25. The largest absolute Gasteiger partial charge is 0.386 e. The highest BCUT2D eigenvalue weighted by molar-refractivity contribution is 7.95. The molecule has 3 rings (SSSR count). The van der Waals surface area contributed by atoms with Gasteiger partial charge in [-0.15, -0.1) is 11.3 Å². The highest BCUT2D eigenvalue weighted by Gasteiger charge is 2.31. The van der Waals surface area contributed by atoms with E-state index in [1.54, 1.807) is 12.4 Å². The summed E-state index contributed by atoms with van der Waals surface area (Å²) >= 11 is 1.32. The van der Waals surface area contributed by atoms with Gasteiger partial charge in [0.25, 0.3) is 0 Å². The van der Waals surface area contributed by atoms with Crippen molar-refractivity contribution in [3.05, 3.63) is 57.9 Å². The SMILES string of the molecule is CN=C1N/C(=C(/N)S(=O)(=O)c2cccc(F)c2)N(N)c2sccc21. The number of thiophene rings is 1. The predicted octanol–water partition coefficient (Wildman–Crippen LogP) is 1.11. The molecule has 0 saturated heterocycles. The van der Waals surface area contributed by atoms with E-state index in [9.17, 15) is 12.8 Å². The fraction of sp³-hybridized carbons (Fsp3) is 0.0714. The molecule has 0 fully saturated rings. The van der Waals surface area contributed by atoms with Crippen LogP contribution in [0.2, 0.25) is 0 Å². The first-order valence-electron chi connectivity index (χ1n) is 6.73. The maximum Gasteiger partial charge on any atom is 0.225 e. The van der Waals surface area contributed by atoms with E-state index in [2.05, 4.69) is 10.3 Å². The van der Waals surface area contributed by atoms with Crippen LogP contribution in [0, 0.1) is 5.82 Å². The number of hydrogen-bond acceptors (Lipinski definition) is 7. The lowest BCUT2D eigenvalue weighted by Crippen LogP contribution is -2.47. The highest BCUT2D eigenvalue weighted by Crippen LogP contribution is 2.33. The van der Waals surface area contributed by atoms with Crippen molar-refractivity contribution < 1.29 is 12.8 Å². The van der Waals surface area contributed by atoms with Crippen molar-refractivity contribution in [2.45, 2.75) is 4.90 Å². The molecule has 7 nitrogen and oxygen atoms in total. The van der Waals surface area contributed by atoms with E-state index in [4.69, 9.17) is 11.6 Å². The number of amidine groups is 1. The summed E-state index contributed by atoms with van der Waals surface area (Å²) in [5.41, 5.74) is 6.62. The molecular weight excluding hydrogens is 353 g/mol. The third-order valence-corrected chi connectivity index (χ3v) is 6.01. The lowest BCUT2D eigenvalue weighted by atomic mass is 10.2. The lowest BCUT2D eigenvalue weighted by Gasteiger charge is -2.29. The van der Waals surface area contributed by atoms with Crippen LogP contribution in [-0.4, -0.2) is 21.3 Å². The lowest BCUT2D eigenvalue weighted by molar-refractivity contribution is 0.594. The van der Waals surface area contributed by atoms with Crippen molar-refractivity contribution in [3.63, 3.8) is 0 Å². The van der Waals surface area contributed by atoms with Gasteiger partial charge in [-0.05, 0) is 29.6 Å². The Morgan fingerprint density at radius 2 is 2.12 bits per heavy atom. The number of hydrogen-bond donors (Lipinski definition) is 3. The van der Waals surface area contributed by atoms with Gasteiger partial charge in [-0.3, -0.25) is 10.0 Å². The number of aliphatic imine (C=N–C) groups is 1. The molecule has 0 amide bonds. The summed E-state index contributed by atoms with van der Waals surface area (Å²) < 4.78 is 38.7. The molecule has 0 saturated carbocycles. The van der Waals surface area contributed by atoms with Crippen LogP contribution in [0.1, 0.15) is 5.56 Å². The minimum absolute atomic E-state index is 0.0326. The second kappa shape index (κ2) is 5.89. The van der Waals surface area contributed by atoms with Gasteiger partial charge in [0.1, 0.15) is 16.7 Å². The minimum Gasteiger partial charge on any atom is -0.386 e. The fourth-order valence-corrected chi connectivity index (χ4v) is 4.27. The molecular formula is C14H14FN5O2S2. The van der Waals surface area contributed by atoms with Gasteiger partial charge in [-0.2, -0.15) is 0 Å². The van der Waals surface area contributed by atoms with Gasteiger partial charge in [0.15, 0.2) is 10.9 Å². The molecule has 2 aromatic rings. The average molecular weight is 367 g/mol. The zero-order valence-corrected chi connectivity index (χ0v) is 14.2. The second-order valence-corrected chi connectivity index (χ2v) is 7.69. The molecule has 0 spiro atoms. The molecule has 5 N–H and O–H groups in total. The van der Waals surface area contributed by atoms with Crippen molar-refractivity contribution >= 4 is 32.0 Å². The van der Waals surface area contributed by atoms with E-state index >= 15 is 0 Å². The summed E-state index contributed by atoms with van der Waals surface area (Å²) in [5.74, 6) is 5.74. The number of nitrogens with one attached hydrogen (secondary N) is 1. The van der Waals surface area contributed by atoms with Gasteiger partial charge in [-0.25, -0.2) is 18.7 Å². The van der Waals surface area contributed by atoms with E-state index in [1.165, 1.54) is 23.5 Å². The minimum atomic E-state index is -4.13. The maximum atomic E-state index is 13.4. The van der Waals surface area contributed by atoms with E-state index in [-0.39, 0.29) is 10.7 Å². The van der Waals surface area contributed by atoms with Crippen molar-refractivity contribution in [1.29, 1.82) is 0 Å². The van der Waals surface area contributed by atoms with Crippen LogP contribution >= 0.6 is 11.3 Å². The normalized spacial score (nSPS) is 18.3. The number of fused-ring (bicyclic) bond motifs is 1. The molecule has 0 aliphatic carbocycles. The van der Waals surface area contributed by atoms with Crippen molar-refractivity contribution in [1.82, 2.24) is 5.32 Å². The average Bonchev–Trinajstić information content (AvgIpc) is 3.05. The van der Waals surface area contributed by atoms with Crippen LogP contribution in [0.3, 0.4) is 0 Å². The third kappa shape index (κ3) is 2.54. The number of anilines is 1. The molecule has 0 bridgehead atoms. The molecule has 1 aliphatic rings. The first-order valence-corrected chi connectivity index (χ1v) is 9.09. The Balaban J connectivity index is 2.15. The number of nitrogens with two attached hydrogens (primary N) is 2. The van der Waals surface area contributed by atoms with E-state index in [0.717, 1.165) is 22.7 Å². The van der Waals surface area contributed by atoms with E-state index in [1.807, 2.05) is 6.07 Å². The van der Waals surface area contributed by atoms with Gasteiger partial charge >= 0.3 is 0 Å². The summed E-state index contributed by atoms with van der Waals surface area (Å²) in [7, 11) is -2.57. The first kappa shape index (κ1) is 16.4. The number of sulfone groups is 1. The smallest absolute Gasteiger partial charge is 0.225 e. The topological polar surface area (TPSA) is 114 Å². The number of hydrazine groups is 1. The Morgan fingerprint density at radius 1 is 1.38 bits per heavy atom. The zero-order chi connectivity index (χ0) is 17.5. The third-order valence-electron chi connectivity index (χ3n) is 3.45. The van der Waals surface area contributed by atoms with Crippen molar-refractivity contribution in [2.24, 2.45) is 16.6 Å². The highest BCUT2D eigenvalue weighted by atomic mass is 32.2. The molecule has 0 radical (unpaired) electrons. The zero-order valence-electron chi connectivity index (χ0n) is 12.5. The molecule has 0 atom stereocenters. The maximum absolute atomic E-state index is 13.4. The molecule has 1 aromatic carbocycles. The van der Waals surface area contributed by atoms with E-state index < -0.39 is 20.7 Å². The molecule has 0 unspecified atom stereocenters. The number of halogens is 1. The van der Waals surface area contributed by atoms with Gasteiger partial charge in [-0.1, -0.05) is 6.07 Å². The van der Waals surface area contributed by atoms with Crippen LogP contribution in [0.5, 0.6) is 0 Å². The Hall–Kier alpha value is -2.43. The molecule has 2 heterocycles. The second-order valence-electron chi connectivity index (χ2n) is 4.88. The van der Waals surface area contributed by atoms with Crippen LogP contribution in [-0.2, 0) is 9.84 Å². The van der Waals surface area contributed by atoms with Crippen molar-refractivity contribution in [2.75, 3.05) is 12.1 Å². The Morgan fingerprint density at radius 3 is 2.79 bits per heavy atom. The number of benzene rings is 1. The van der Waals surface area contributed by atoms with Crippen LogP contribution < -0.4 is 21.9 Å². The van der Waals surface area contributed by atoms with Crippen LogP contribution in [0.25, 0.3) is 0 Å².